The van der Waals surface area contributed by atoms with Gasteiger partial charge in [0.1, 0.15) is 24.2 Å². The van der Waals surface area contributed by atoms with Crippen LogP contribution in [-0.4, -0.2) is 167 Å². The van der Waals surface area contributed by atoms with Crippen molar-refractivity contribution in [2.24, 2.45) is 22.7 Å². The summed E-state index contributed by atoms with van der Waals surface area (Å²) in [5.74, 6) is -0.588. The van der Waals surface area contributed by atoms with Crippen molar-refractivity contribution in [2.45, 2.75) is 148 Å². The lowest BCUT2D eigenvalue weighted by Gasteiger charge is -2.37. The number of carbonyl (C=O) groups excluding carboxylic acids is 5. The number of hydrogen-bond acceptors (Lipinski definition) is 14. The third-order valence-corrected chi connectivity index (χ3v) is 19.6. The molecule has 2 saturated carbocycles. The van der Waals surface area contributed by atoms with Crippen LogP contribution in [0.5, 0.6) is 0 Å². The molecule has 6 bridgehead atoms. The summed E-state index contributed by atoms with van der Waals surface area (Å²) in [4.78, 5) is 91.8. The van der Waals surface area contributed by atoms with Crippen LogP contribution in [0.1, 0.15) is 114 Å². The Kier molecular flexibility index (Phi) is 14.5. The standard InChI is InChI=1S/C59H79N11O7S/c1-7-68-46-17-16-38-27-40(46)42(52(68)41-28-39(31-60-48(41)35(2)76-6)66-25-23-65(5)24-26-66)30-58(3,4)34-77-56(74)43-13-10-20-70(64-43)54(72)44(29-47-61-45(38)32-78-47)62-53(71)51(37-11-8-9-12-37)69-22-19-59(57(69)75)18-21-67(33-59)55(73)50-49(63-50)36-14-15-36/h16-17,27-28,31-32,35-37,43-44,49-51,63-64H,7-15,18-26,29-30,33-34H2,1-6H3,(H,62,71)/t35-,43-,44-,49+,50+,51-,59-/m0/s1. The number of piperazine rings is 1. The minimum absolute atomic E-state index is 0.0579. The number of nitrogens with one attached hydrogen (secondary N) is 3. The number of hydrazine groups is 1. The van der Waals surface area contributed by atoms with E-state index in [0.717, 1.165) is 102 Å². The number of aryl methyl sites for hydroxylation is 1. The highest BCUT2D eigenvalue weighted by Crippen LogP contribution is 2.47. The highest BCUT2D eigenvalue weighted by atomic mass is 32.1. The zero-order chi connectivity index (χ0) is 54.2. The van der Waals surface area contributed by atoms with Crippen molar-refractivity contribution in [3.8, 4) is 22.5 Å². The molecular weight excluding hydrogens is 1010 g/mol. The maximum Gasteiger partial charge on any atom is 0.324 e. The Hall–Kier alpha value is -5.47. The largest absolute Gasteiger partial charge is 0.464 e. The molecule has 78 heavy (non-hydrogen) atoms. The topological polar surface area (TPSA) is 197 Å². The smallest absolute Gasteiger partial charge is 0.324 e. The molecule has 4 aromatic rings. The number of benzene rings is 1. The number of rotatable bonds is 11. The average Bonchev–Trinajstić information content (AvgIpc) is 4.29. The van der Waals surface area contributed by atoms with Gasteiger partial charge in [-0.1, -0.05) is 32.8 Å². The molecule has 418 valence electrons. The Bertz CT molecular complexity index is 2980. The van der Waals surface area contributed by atoms with Gasteiger partial charge >= 0.3 is 5.97 Å². The third kappa shape index (κ3) is 10.1. The lowest BCUT2D eigenvalue weighted by Crippen LogP contribution is -2.62. The van der Waals surface area contributed by atoms with Gasteiger partial charge in [0.05, 0.1) is 52.1 Å². The summed E-state index contributed by atoms with van der Waals surface area (Å²) in [6.07, 6.45) is 10.5. The molecule has 9 heterocycles. The lowest BCUT2D eigenvalue weighted by atomic mass is 9.84. The number of anilines is 1. The Balaban J connectivity index is 0.880. The molecular formula is C59H79N11O7S. The Morgan fingerprint density at radius 3 is 2.51 bits per heavy atom. The van der Waals surface area contributed by atoms with E-state index < -0.39 is 34.9 Å². The number of aromatic nitrogens is 3. The van der Waals surface area contributed by atoms with Crippen molar-refractivity contribution in [1.29, 1.82) is 0 Å². The summed E-state index contributed by atoms with van der Waals surface area (Å²) in [7, 11) is 3.89. The first kappa shape index (κ1) is 53.2. The van der Waals surface area contributed by atoms with E-state index in [4.69, 9.17) is 19.4 Å². The molecule has 0 unspecified atom stereocenters. The second-order valence-corrected chi connectivity index (χ2v) is 25.7. The maximum atomic E-state index is 15.2. The lowest BCUT2D eigenvalue weighted by molar-refractivity contribution is -0.155. The quantitative estimate of drug-likeness (QED) is 0.122. The van der Waals surface area contributed by atoms with Crippen molar-refractivity contribution < 1.29 is 33.4 Å². The fourth-order valence-corrected chi connectivity index (χ4v) is 14.8. The van der Waals surface area contributed by atoms with E-state index in [1.54, 1.807) is 12.0 Å². The highest BCUT2D eigenvalue weighted by Gasteiger charge is 2.58. The molecule has 7 atom stereocenters. The average molecular weight is 1090 g/mol. The minimum atomic E-state index is -1.05. The van der Waals surface area contributed by atoms with Crippen molar-refractivity contribution in [1.82, 2.24) is 50.3 Å². The molecule has 3 N–H and O–H groups in total. The Morgan fingerprint density at radius 2 is 1.76 bits per heavy atom. The van der Waals surface area contributed by atoms with Crippen LogP contribution < -0.4 is 21.0 Å². The molecule has 1 spiro atoms. The number of fused-ring (bicyclic) bond motifs is 6. The number of hydrogen-bond donors (Lipinski definition) is 3. The number of ether oxygens (including phenoxy) is 2. The van der Waals surface area contributed by atoms with Gasteiger partial charge in [0, 0.05) is 111 Å². The van der Waals surface area contributed by atoms with Gasteiger partial charge < -0.3 is 39.0 Å². The van der Waals surface area contributed by atoms with Gasteiger partial charge in [0.15, 0.2) is 0 Å². The van der Waals surface area contributed by atoms with E-state index in [1.807, 2.05) is 23.4 Å². The van der Waals surface area contributed by atoms with Crippen LogP contribution in [0, 0.1) is 22.7 Å². The first-order valence-corrected chi connectivity index (χ1v) is 30.0. The van der Waals surface area contributed by atoms with Crippen molar-refractivity contribution in [2.75, 3.05) is 78.0 Å². The highest BCUT2D eigenvalue weighted by molar-refractivity contribution is 7.10. The number of esters is 1. The molecule has 3 aromatic heterocycles. The molecule has 7 fully saturated rings. The predicted molar refractivity (Wildman–Crippen MR) is 298 cm³/mol. The van der Waals surface area contributed by atoms with Crippen molar-refractivity contribution in [3.05, 3.63) is 52.1 Å². The molecule has 8 aliphatic rings. The summed E-state index contributed by atoms with van der Waals surface area (Å²) in [6.45, 7) is 14.7. The second-order valence-electron chi connectivity index (χ2n) is 24.8. The first-order chi connectivity index (χ1) is 37.6. The maximum absolute atomic E-state index is 15.2. The van der Waals surface area contributed by atoms with Gasteiger partial charge in [0.25, 0.3) is 5.91 Å². The number of thiazole rings is 1. The number of likely N-dealkylation sites (N-methyl/N-ethyl adjacent to an activating group) is 1. The number of methoxy groups -OCH3 is 1. The fourth-order valence-electron chi connectivity index (χ4n) is 14.0. The van der Waals surface area contributed by atoms with Gasteiger partial charge in [-0.2, -0.15) is 0 Å². The molecule has 19 heteroatoms. The SMILES string of the molecule is CCn1c(-c2cc(N3CCN(C)CC3)cnc2[C@H](C)OC)c2c3cc(ccc31)-c1csc(n1)C[C@H](NC(=O)[C@H](C1CCCC1)N1CC[C@]3(CCN(C(=O)[C@@H]4N[C@@H]4C4CC4)C3)C1=O)C(=O)N1CCC[C@H](N1)C(=O)OCC(C)(C)C2. The summed E-state index contributed by atoms with van der Waals surface area (Å²) in [5, 5.41) is 11.9. The van der Waals surface area contributed by atoms with E-state index in [-0.39, 0.29) is 60.8 Å². The number of amides is 4. The molecule has 4 amide bonds. The molecule has 12 rings (SSSR count). The van der Waals surface area contributed by atoms with Gasteiger partial charge in [-0.15, -0.1) is 11.3 Å². The number of nitrogens with zero attached hydrogens (tertiary/aromatic N) is 8. The van der Waals surface area contributed by atoms with Crippen LogP contribution >= 0.6 is 11.3 Å². The number of carbonyl (C=O) groups is 5. The Labute approximate surface area is 462 Å². The molecule has 6 aliphatic heterocycles. The van der Waals surface area contributed by atoms with Crippen LogP contribution in [0.15, 0.2) is 35.8 Å². The molecule has 1 aromatic carbocycles. The fraction of sp³-hybridized carbons (Fsp3) is 0.644. The Morgan fingerprint density at radius 1 is 0.974 bits per heavy atom. The van der Waals surface area contributed by atoms with Gasteiger partial charge in [-0.3, -0.25) is 39.3 Å². The van der Waals surface area contributed by atoms with Crippen LogP contribution in [0.3, 0.4) is 0 Å². The van der Waals surface area contributed by atoms with Gasteiger partial charge in [-0.05, 0) is 114 Å². The van der Waals surface area contributed by atoms with Gasteiger partial charge in [-0.25, -0.2) is 10.4 Å². The molecule has 18 nitrogen and oxygen atoms in total. The van der Waals surface area contributed by atoms with Crippen LogP contribution in [-0.2, 0) is 52.8 Å². The van der Waals surface area contributed by atoms with E-state index >= 15 is 9.59 Å². The minimum Gasteiger partial charge on any atom is -0.464 e. The first-order valence-electron chi connectivity index (χ1n) is 29.1. The molecule has 5 saturated heterocycles. The predicted octanol–water partition coefficient (Wildman–Crippen LogP) is 5.71. The van der Waals surface area contributed by atoms with E-state index in [0.29, 0.717) is 75.8 Å². The summed E-state index contributed by atoms with van der Waals surface area (Å²) < 4.78 is 14.7. The normalized spacial score (nSPS) is 27.9. The molecule has 0 radical (unpaired) electrons. The third-order valence-electron chi connectivity index (χ3n) is 18.8. The zero-order valence-corrected chi connectivity index (χ0v) is 47.3. The zero-order valence-electron chi connectivity index (χ0n) is 46.5. The van der Waals surface area contributed by atoms with Crippen LogP contribution in [0.4, 0.5) is 5.69 Å². The number of likely N-dealkylation sites (tertiary alicyclic amines) is 2. The van der Waals surface area contributed by atoms with Crippen LogP contribution in [0.2, 0.25) is 0 Å². The second kappa shape index (κ2) is 21.2. The summed E-state index contributed by atoms with van der Waals surface area (Å²) >= 11 is 1.45. The van der Waals surface area contributed by atoms with Crippen molar-refractivity contribution >= 4 is 57.5 Å². The molecule has 2 aliphatic carbocycles. The monoisotopic (exact) mass is 1090 g/mol. The number of pyridine rings is 1. The van der Waals surface area contributed by atoms with Crippen LogP contribution in [0.25, 0.3) is 33.4 Å². The van der Waals surface area contributed by atoms with Crippen molar-refractivity contribution in [3.63, 3.8) is 0 Å². The van der Waals surface area contributed by atoms with E-state index in [2.05, 4.69) is 82.5 Å². The number of cyclic esters (lactones) is 1. The summed E-state index contributed by atoms with van der Waals surface area (Å²) in [5.41, 5.74) is 9.87. The summed E-state index contributed by atoms with van der Waals surface area (Å²) in [6, 6.07) is 6.34. The van der Waals surface area contributed by atoms with Gasteiger partial charge in [0.2, 0.25) is 17.7 Å². The van der Waals surface area contributed by atoms with E-state index in [9.17, 15) is 14.4 Å². The van der Waals surface area contributed by atoms with E-state index in [1.165, 1.54) is 29.2 Å².